The van der Waals surface area contributed by atoms with E-state index >= 15 is 0 Å². The van der Waals surface area contributed by atoms with Gasteiger partial charge in [-0.05, 0) is 26.0 Å². The molecule has 0 radical (unpaired) electrons. The van der Waals surface area contributed by atoms with E-state index in [-0.39, 0.29) is 23.7 Å². The third kappa shape index (κ3) is 3.58. The van der Waals surface area contributed by atoms with Gasteiger partial charge in [-0.3, -0.25) is 0 Å². The van der Waals surface area contributed by atoms with E-state index in [0.29, 0.717) is 16.9 Å². The average molecular weight is 291 g/mol. The van der Waals surface area contributed by atoms with Crippen LogP contribution in [0.3, 0.4) is 0 Å². The molecular formula is C17H19F2NO. The van der Waals surface area contributed by atoms with E-state index in [4.69, 9.17) is 4.74 Å². The first kappa shape index (κ1) is 15.4. The summed E-state index contributed by atoms with van der Waals surface area (Å²) in [6.45, 7) is 3.71. The summed E-state index contributed by atoms with van der Waals surface area (Å²) in [5, 5.41) is 3.21. The van der Waals surface area contributed by atoms with E-state index in [1.54, 1.807) is 30.3 Å². The van der Waals surface area contributed by atoms with E-state index in [9.17, 15) is 8.78 Å². The molecule has 2 rings (SSSR count). The van der Waals surface area contributed by atoms with Crippen LogP contribution in [0.4, 0.5) is 8.78 Å². The van der Waals surface area contributed by atoms with Crippen molar-refractivity contribution in [3.8, 4) is 5.75 Å². The minimum atomic E-state index is -0.338. The van der Waals surface area contributed by atoms with Crippen LogP contribution in [-0.4, -0.2) is 7.11 Å². The van der Waals surface area contributed by atoms with Crippen LogP contribution in [0, 0.1) is 11.6 Å². The van der Waals surface area contributed by atoms with Crippen LogP contribution in [0.15, 0.2) is 42.5 Å². The summed E-state index contributed by atoms with van der Waals surface area (Å²) in [4.78, 5) is 0. The number of halogens is 2. The van der Waals surface area contributed by atoms with E-state index in [2.05, 4.69) is 5.32 Å². The molecule has 21 heavy (non-hydrogen) atoms. The Bertz CT molecular complexity index is 615. The van der Waals surface area contributed by atoms with Crippen molar-refractivity contribution in [1.82, 2.24) is 5.32 Å². The van der Waals surface area contributed by atoms with Crippen molar-refractivity contribution in [3.05, 3.63) is 65.2 Å². The van der Waals surface area contributed by atoms with E-state index in [1.165, 1.54) is 19.2 Å². The molecule has 1 N–H and O–H groups in total. The number of hydrogen-bond donors (Lipinski definition) is 1. The van der Waals surface area contributed by atoms with Gasteiger partial charge in [0.2, 0.25) is 0 Å². The molecule has 0 amide bonds. The fraction of sp³-hybridized carbons (Fsp3) is 0.294. The highest BCUT2D eigenvalue weighted by atomic mass is 19.1. The zero-order valence-electron chi connectivity index (χ0n) is 12.4. The summed E-state index contributed by atoms with van der Waals surface area (Å²) >= 11 is 0. The van der Waals surface area contributed by atoms with Gasteiger partial charge in [-0.1, -0.05) is 24.3 Å². The summed E-state index contributed by atoms with van der Waals surface area (Å²) < 4.78 is 32.8. The van der Waals surface area contributed by atoms with Gasteiger partial charge in [-0.25, -0.2) is 8.78 Å². The monoisotopic (exact) mass is 291 g/mol. The number of methoxy groups -OCH3 is 1. The zero-order valence-corrected chi connectivity index (χ0v) is 12.4. The zero-order chi connectivity index (χ0) is 15.4. The van der Waals surface area contributed by atoms with Crippen molar-refractivity contribution < 1.29 is 13.5 Å². The Labute approximate surface area is 123 Å². The first-order valence-electron chi connectivity index (χ1n) is 6.87. The fourth-order valence-electron chi connectivity index (χ4n) is 2.37. The second kappa shape index (κ2) is 6.68. The Hall–Kier alpha value is -1.94. The number of nitrogens with one attached hydrogen (secondary N) is 1. The van der Waals surface area contributed by atoms with E-state index in [1.807, 2.05) is 13.8 Å². The number of rotatable bonds is 5. The lowest BCUT2D eigenvalue weighted by Gasteiger charge is -2.21. The number of hydrogen-bond acceptors (Lipinski definition) is 2. The van der Waals surface area contributed by atoms with Gasteiger partial charge in [-0.2, -0.15) is 0 Å². The van der Waals surface area contributed by atoms with Crippen LogP contribution < -0.4 is 10.1 Å². The highest BCUT2D eigenvalue weighted by Gasteiger charge is 2.16. The molecule has 0 spiro atoms. The van der Waals surface area contributed by atoms with Gasteiger partial charge in [0, 0.05) is 29.3 Å². The summed E-state index contributed by atoms with van der Waals surface area (Å²) in [7, 11) is 1.50. The summed E-state index contributed by atoms with van der Waals surface area (Å²) in [6.07, 6.45) is 0. The predicted octanol–water partition coefficient (Wildman–Crippen LogP) is 4.39. The van der Waals surface area contributed by atoms with Crippen molar-refractivity contribution in [2.75, 3.05) is 7.11 Å². The molecule has 2 atom stereocenters. The normalized spacial score (nSPS) is 13.8. The molecule has 2 aromatic rings. The lowest BCUT2D eigenvalue weighted by molar-refractivity contribution is 0.408. The molecule has 0 aromatic heterocycles. The van der Waals surface area contributed by atoms with Gasteiger partial charge in [-0.15, -0.1) is 0 Å². The van der Waals surface area contributed by atoms with E-state index < -0.39 is 0 Å². The Balaban J connectivity index is 2.14. The quantitative estimate of drug-likeness (QED) is 0.882. The van der Waals surface area contributed by atoms with Gasteiger partial charge >= 0.3 is 0 Å². The van der Waals surface area contributed by atoms with Crippen molar-refractivity contribution >= 4 is 0 Å². The van der Waals surface area contributed by atoms with Crippen molar-refractivity contribution in [2.24, 2.45) is 0 Å². The molecule has 0 bridgehead atoms. The van der Waals surface area contributed by atoms with Gasteiger partial charge in [0.25, 0.3) is 0 Å². The third-order valence-corrected chi connectivity index (χ3v) is 3.55. The Morgan fingerprint density at radius 1 is 0.905 bits per heavy atom. The molecular weight excluding hydrogens is 272 g/mol. The Kier molecular flexibility index (Phi) is 4.91. The molecule has 0 fully saturated rings. The highest BCUT2D eigenvalue weighted by molar-refractivity contribution is 5.31. The molecule has 1 unspecified atom stereocenters. The summed E-state index contributed by atoms with van der Waals surface area (Å²) in [5.74, 6) is -0.124. The molecule has 112 valence electrons. The maximum atomic E-state index is 14.0. The van der Waals surface area contributed by atoms with Crippen LogP contribution in [0.5, 0.6) is 5.75 Å². The van der Waals surface area contributed by atoms with Gasteiger partial charge < -0.3 is 10.1 Å². The first-order chi connectivity index (χ1) is 10.0. The average Bonchev–Trinajstić information content (AvgIpc) is 2.47. The van der Waals surface area contributed by atoms with Crippen LogP contribution >= 0.6 is 0 Å². The molecule has 0 aliphatic rings. The van der Waals surface area contributed by atoms with Crippen molar-refractivity contribution in [1.29, 1.82) is 0 Å². The van der Waals surface area contributed by atoms with Crippen LogP contribution in [-0.2, 0) is 0 Å². The SMILES string of the molecule is COc1ccc(C(C)N[C@H](C)c2ccccc2F)c(F)c1. The molecule has 2 aromatic carbocycles. The molecule has 0 saturated heterocycles. The van der Waals surface area contributed by atoms with Gasteiger partial charge in [0.1, 0.15) is 17.4 Å². The standard InChI is InChI=1S/C17H19F2NO/c1-11(14-6-4-5-7-16(14)18)20-12(2)15-9-8-13(21-3)10-17(15)19/h4-12,20H,1-3H3/t11-,12?/m1/s1. The largest absolute Gasteiger partial charge is 0.497 e. The first-order valence-corrected chi connectivity index (χ1v) is 6.87. The molecule has 0 heterocycles. The maximum Gasteiger partial charge on any atom is 0.131 e. The minimum absolute atomic E-state index is 0.220. The second-order valence-electron chi connectivity index (χ2n) is 5.02. The molecule has 0 saturated carbocycles. The molecule has 0 aliphatic carbocycles. The van der Waals surface area contributed by atoms with Gasteiger partial charge in [0.15, 0.2) is 0 Å². The molecule has 4 heteroatoms. The Morgan fingerprint density at radius 2 is 1.52 bits per heavy atom. The minimum Gasteiger partial charge on any atom is -0.497 e. The number of ether oxygens (including phenoxy) is 1. The third-order valence-electron chi connectivity index (χ3n) is 3.55. The number of benzene rings is 2. The van der Waals surface area contributed by atoms with Gasteiger partial charge in [0.05, 0.1) is 7.11 Å². The summed E-state index contributed by atoms with van der Waals surface area (Å²) in [6, 6.07) is 10.9. The highest BCUT2D eigenvalue weighted by Crippen LogP contribution is 2.25. The Morgan fingerprint density at radius 3 is 2.10 bits per heavy atom. The van der Waals surface area contributed by atoms with Crippen molar-refractivity contribution in [2.45, 2.75) is 25.9 Å². The fourth-order valence-corrected chi connectivity index (χ4v) is 2.37. The van der Waals surface area contributed by atoms with E-state index in [0.717, 1.165) is 0 Å². The predicted molar refractivity (Wildman–Crippen MR) is 79.3 cm³/mol. The smallest absolute Gasteiger partial charge is 0.131 e. The maximum absolute atomic E-state index is 14.0. The lowest BCUT2D eigenvalue weighted by atomic mass is 10.0. The van der Waals surface area contributed by atoms with Crippen molar-refractivity contribution in [3.63, 3.8) is 0 Å². The topological polar surface area (TPSA) is 21.3 Å². The second-order valence-corrected chi connectivity index (χ2v) is 5.02. The van der Waals surface area contributed by atoms with Crippen LogP contribution in [0.2, 0.25) is 0 Å². The molecule has 0 aliphatic heterocycles. The van der Waals surface area contributed by atoms with Crippen LogP contribution in [0.25, 0.3) is 0 Å². The molecule has 2 nitrogen and oxygen atoms in total. The summed E-state index contributed by atoms with van der Waals surface area (Å²) in [5.41, 5.74) is 1.09. The van der Waals surface area contributed by atoms with Crippen LogP contribution in [0.1, 0.15) is 37.1 Å². The lowest BCUT2D eigenvalue weighted by Crippen LogP contribution is -2.24.